The molecule has 0 aliphatic carbocycles. The Labute approximate surface area is 167 Å². The Morgan fingerprint density at radius 1 is 1.18 bits per heavy atom. The highest BCUT2D eigenvalue weighted by Crippen LogP contribution is 2.27. The molecule has 0 bridgehead atoms. The topological polar surface area (TPSA) is 93.7 Å². The van der Waals surface area contributed by atoms with Crippen LogP contribution in [0.25, 0.3) is 0 Å². The molecule has 0 unspecified atom stereocenters. The SMILES string of the molecule is COCCNS(=O)(=O)c1ccc(OCC(=O)NCc2ccc(F)cc2)c(Cl)c1. The van der Waals surface area contributed by atoms with Gasteiger partial charge in [-0.05, 0) is 35.9 Å². The van der Waals surface area contributed by atoms with E-state index >= 15 is 0 Å². The third kappa shape index (κ3) is 6.75. The van der Waals surface area contributed by atoms with Crippen molar-refractivity contribution in [3.8, 4) is 5.75 Å². The Morgan fingerprint density at radius 2 is 1.89 bits per heavy atom. The largest absolute Gasteiger partial charge is 0.482 e. The van der Waals surface area contributed by atoms with Crippen molar-refractivity contribution in [2.75, 3.05) is 26.9 Å². The first-order valence-corrected chi connectivity index (χ1v) is 10.1. The highest BCUT2D eigenvalue weighted by molar-refractivity contribution is 7.89. The summed E-state index contributed by atoms with van der Waals surface area (Å²) >= 11 is 6.06. The molecule has 28 heavy (non-hydrogen) atoms. The Hall–Kier alpha value is -2.20. The number of sulfonamides is 1. The van der Waals surface area contributed by atoms with Crippen molar-refractivity contribution < 1.29 is 27.1 Å². The molecule has 0 heterocycles. The molecule has 2 aromatic rings. The van der Waals surface area contributed by atoms with Crippen molar-refractivity contribution >= 4 is 27.5 Å². The Morgan fingerprint density at radius 3 is 2.54 bits per heavy atom. The van der Waals surface area contributed by atoms with E-state index in [0.717, 1.165) is 5.56 Å². The zero-order valence-corrected chi connectivity index (χ0v) is 16.6. The van der Waals surface area contributed by atoms with Crippen molar-refractivity contribution in [1.29, 1.82) is 0 Å². The predicted molar refractivity (Wildman–Crippen MR) is 102 cm³/mol. The van der Waals surface area contributed by atoms with Gasteiger partial charge in [0.2, 0.25) is 10.0 Å². The third-order valence-electron chi connectivity index (χ3n) is 3.57. The van der Waals surface area contributed by atoms with Crippen LogP contribution < -0.4 is 14.8 Å². The summed E-state index contributed by atoms with van der Waals surface area (Å²) in [4.78, 5) is 11.8. The number of benzene rings is 2. The first kappa shape index (κ1) is 22.1. The quantitative estimate of drug-likeness (QED) is 0.563. The first-order valence-electron chi connectivity index (χ1n) is 8.24. The molecule has 7 nitrogen and oxygen atoms in total. The van der Waals surface area contributed by atoms with Crippen molar-refractivity contribution in [2.45, 2.75) is 11.4 Å². The molecule has 10 heteroatoms. The van der Waals surface area contributed by atoms with Crippen molar-refractivity contribution in [2.24, 2.45) is 0 Å². The molecule has 0 atom stereocenters. The number of nitrogens with one attached hydrogen (secondary N) is 2. The maximum absolute atomic E-state index is 12.8. The minimum absolute atomic E-state index is 0.0262. The minimum Gasteiger partial charge on any atom is -0.482 e. The van der Waals surface area contributed by atoms with Gasteiger partial charge in [-0.3, -0.25) is 4.79 Å². The van der Waals surface area contributed by atoms with Gasteiger partial charge in [-0.2, -0.15) is 0 Å². The van der Waals surface area contributed by atoms with E-state index in [4.69, 9.17) is 21.1 Å². The summed E-state index contributed by atoms with van der Waals surface area (Å²) < 4.78 is 49.6. The normalized spacial score (nSPS) is 11.2. The standard InChI is InChI=1S/C18H20ClFN2O5S/c1-26-9-8-22-28(24,25)15-6-7-17(16(19)10-15)27-12-18(23)21-11-13-2-4-14(20)5-3-13/h2-7,10,22H,8-9,11-12H2,1H3,(H,21,23). The van der Waals surface area contributed by atoms with E-state index in [9.17, 15) is 17.6 Å². The summed E-state index contributed by atoms with van der Waals surface area (Å²) in [7, 11) is -2.26. The molecular weight excluding hydrogens is 411 g/mol. The highest BCUT2D eigenvalue weighted by Gasteiger charge is 2.16. The fourth-order valence-corrected chi connectivity index (χ4v) is 3.46. The van der Waals surface area contributed by atoms with Gasteiger partial charge in [-0.15, -0.1) is 0 Å². The molecule has 0 aliphatic heterocycles. The van der Waals surface area contributed by atoms with E-state index in [0.29, 0.717) is 0 Å². The van der Waals surface area contributed by atoms with Crippen molar-refractivity contribution in [3.05, 3.63) is 58.9 Å². The van der Waals surface area contributed by atoms with E-state index in [2.05, 4.69) is 10.0 Å². The van der Waals surface area contributed by atoms with Crippen LogP contribution in [-0.2, 0) is 26.1 Å². The monoisotopic (exact) mass is 430 g/mol. The first-order chi connectivity index (χ1) is 13.3. The second-order valence-electron chi connectivity index (χ2n) is 5.67. The summed E-state index contributed by atoms with van der Waals surface area (Å²) in [5.74, 6) is -0.583. The number of hydrogen-bond acceptors (Lipinski definition) is 5. The van der Waals surface area contributed by atoms with E-state index in [1.807, 2.05) is 0 Å². The summed E-state index contributed by atoms with van der Waals surface area (Å²) in [6.45, 7) is 0.281. The fraction of sp³-hybridized carbons (Fsp3) is 0.278. The third-order valence-corrected chi connectivity index (χ3v) is 5.33. The van der Waals surface area contributed by atoms with Crippen LogP contribution in [0.15, 0.2) is 47.4 Å². The van der Waals surface area contributed by atoms with E-state index in [1.165, 1.54) is 37.4 Å². The molecule has 2 rings (SSSR count). The van der Waals surface area contributed by atoms with E-state index in [1.54, 1.807) is 12.1 Å². The Bertz CT molecular complexity index is 907. The lowest BCUT2D eigenvalue weighted by molar-refractivity contribution is -0.123. The van der Waals surface area contributed by atoms with Gasteiger partial charge in [0.1, 0.15) is 11.6 Å². The van der Waals surface area contributed by atoms with Crippen LogP contribution in [0.2, 0.25) is 5.02 Å². The van der Waals surface area contributed by atoms with Crippen molar-refractivity contribution in [1.82, 2.24) is 10.0 Å². The maximum Gasteiger partial charge on any atom is 0.258 e. The molecule has 0 aliphatic rings. The molecule has 0 saturated heterocycles. The lowest BCUT2D eigenvalue weighted by atomic mass is 10.2. The lowest BCUT2D eigenvalue weighted by Gasteiger charge is -2.11. The molecule has 2 N–H and O–H groups in total. The molecule has 0 aromatic heterocycles. The zero-order chi connectivity index (χ0) is 20.6. The lowest BCUT2D eigenvalue weighted by Crippen LogP contribution is -2.28. The predicted octanol–water partition coefficient (Wildman–Crippen LogP) is 2.10. The summed E-state index contributed by atoms with van der Waals surface area (Å²) in [6.07, 6.45) is 0. The number of hydrogen-bond donors (Lipinski definition) is 2. The van der Waals surface area contributed by atoms with Crippen LogP contribution in [0.1, 0.15) is 5.56 Å². The van der Waals surface area contributed by atoms with Gasteiger partial charge in [0.05, 0.1) is 16.5 Å². The molecule has 0 saturated carbocycles. The number of rotatable bonds is 10. The smallest absolute Gasteiger partial charge is 0.258 e. The number of carbonyl (C=O) groups is 1. The van der Waals surface area contributed by atoms with Gasteiger partial charge in [-0.1, -0.05) is 23.7 Å². The van der Waals surface area contributed by atoms with Gasteiger partial charge in [-0.25, -0.2) is 17.5 Å². The van der Waals surface area contributed by atoms with E-state index < -0.39 is 15.9 Å². The molecule has 0 radical (unpaired) electrons. The Kier molecular flexibility index (Phi) is 8.18. The molecular formula is C18H20ClFN2O5S. The van der Waals surface area contributed by atoms with Crippen LogP contribution in [0.5, 0.6) is 5.75 Å². The number of halogens is 2. The average molecular weight is 431 g/mol. The number of amides is 1. The van der Waals surface area contributed by atoms with Crippen LogP contribution in [-0.4, -0.2) is 41.2 Å². The average Bonchev–Trinajstić information content (AvgIpc) is 2.66. The van der Waals surface area contributed by atoms with Gasteiger partial charge >= 0.3 is 0 Å². The summed E-state index contributed by atoms with van der Waals surface area (Å²) in [6, 6.07) is 9.67. The summed E-state index contributed by atoms with van der Waals surface area (Å²) in [5, 5.41) is 2.68. The van der Waals surface area contributed by atoms with Crippen LogP contribution in [0.3, 0.4) is 0 Å². The summed E-state index contributed by atoms with van der Waals surface area (Å²) in [5.41, 5.74) is 0.739. The molecule has 152 valence electrons. The molecule has 1 amide bonds. The molecule has 0 spiro atoms. The Balaban J connectivity index is 1.88. The number of methoxy groups -OCH3 is 1. The van der Waals surface area contributed by atoms with Gasteiger partial charge in [0.15, 0.2) is 6.61 Å². The van der Waals surface area contributed by atoms with Crippen LogP contribution in [0.4, 0.5) is 4.39 Å². The second-order valence-corrected chi connectivity index (χ2v) is 7.85. The van der Waals surface area contributed by atoms with Gasteiger partial charge < -0.3 is 14.8 Å². The molecule has 2 aromatic carbocycles. The van der Waals surface area contributed by atoms with Crippen LogP contribution in [0, 0.1) is 5.82 Å². The molecule has 0 fully saturated rings. The van der Waals surface area contributed by atoms with Gasteiger partial charge in [0, 0.05) is 20.2 Å². The number of carbonyl (C=O) groups excluding carboxylic acids is 1. The number of ether oxygens (including phenoxy) is 2. The minimum atomic E-state index is -3.72. The highest BCUT2D eigenvalue weighted by atomic mass is 35.5. The van der Waals surface area contributed by atoms with Crippen LogP contribution >= 0.6 is 11.6 Å². The second kappa shape index (κ2) is 10.4. The fourth-order valence-electron chi connectivity index (χ4n) is 2.12. The van der Waals surface area contributed by atoms with E-state index in [-0.39, 0.29) is 47.8 Å². The maximum atomic E-state index is 12.8. The van der Waals surface area contributed by atoms with Crippen molar-refractivity contribution in [3.63, 3.8) is 0 Å². The van der Waals surface area contributed by atoms with Gasteiger partial charge in [0.25, 0.3) is 5.91 Å². The zero-order valence-electron chi connectivity index (χ0n) is 15.1.